The van der Waals surface area contributed by atoms with Crippen LogP contribution in [0.3, 0.4) is 0 Å². The van der Waals surface area contributed by atoms with Crippen LogP contribution in [0.1, 0.15) is 56.2 Å². The quantitative estimate of drug-likeness (QED) is 0.853. The summed E-state index contributed by atoms with van der Waals surface area (Å²) < 4.78 is 1.90. The molecule has 2 aromatic heterocycles. The van der Waals surface area contributed by atoms with Crippen LogP contribution >= 0.6 is 0 Å². The number of hydrogen-bond donors (Lipinski definition) is 0. The normalized spacial score (nSPS) is 22.1. The molecule has 3 rings (SSSR count). The van der Waals surface area contributed by atoms with Gasteiger partial charge in [-0.15, -0.1) is 0 Å². The number of aromatic nitrogens is 3. The molecule has 0 saturated carbocycles. The van der Waals surface area contributed by atoms with Crippen LogP contribution in [0.2, 0.25) is 0 Å². The Morgan fingerprint density at radius 1 is 1.26 bits per heavy atom. The van der Waals surface area contributed by atoms with Crippen molar-refractivity contribution >= 4 is 16.9 Å². The second kappa shape index (κ2) is 5.95. The van der Waals surface area contributed by atoms with Crippen molar-refractivity contribution < 1.29 is 4.79 Å². The van der Waals surface area contributed by atoms with E-state index in [4.69, 9.17) is 0 Å². The van der Waals surface area contributed by atoms with E-state index >= 15 is 0 Å². The lowest BCUT2D eigenvalue weighted by molar-refractivity contribution is 0.0622. The number of amides is 1. The van der Waals surface area contributed by atoms with Gasteiger partial charge in [0.05, 0.1) is 17.5 Å². The molecule has 124 valence electrons. The first kappa shape index (κ1) is 16.0. The van der Waals surface area contributed by atoms with Crippen molar-refractivity contribution in [2.24, 2.45) is 11.8 Å². The average molecular weight is 314 g/mol. The number of aryl methyl sites for hydroxylation is 1. The Balaban J connectivity index is 1.96. The lowest BCUT2D eigenvalue weighted by atomic mass is 9.91. The molecule has 3 heterocycles. The van der Waals surface area contributed by atoms with Crippen molar-refractivity contribution in [3.63, 3.8) is 0 Å². The van der Waals surface area contributed by atoms with Crippen molar-refractivity contribution in [3.8, 4) is 0 Å². The molecule has 1 aliphatic heterocycles. The molecule has 0 bridgehead atoms. The lowest BCUT2D eigenvalue weighted by Gasteiger charge is -2.35. The molecule has 1 aliphatic rings. The number of nitrogens with zero attached hydrogens (tertiary/aromatic N) is 4. The molecule has 0 radical (unpaired) electrons. The highest BCUT2D eigenvalue weighted by Gasteiger charge is 2.27. The molecule has 1 fully saturated rings. The molecule has 1 amide bonds. The minimum absolute atomic E-state index is 0.104. The van der Waals surface area contributed by atoms with Gasteiger partial charge in [0.25, 0.3) is 5.91 Å². The molecule has 5 nitrogen and oxygen atoms in total. The number of likely N-dealkylation sites (tertiary alicyclic amines) is 1. The van der Waals surface area contributed by atoms with Crippen molar-refractivity contribution in [3.05, 3.63) is 23.5 Å². The van der Waals surface area contributed by atoms with Gasteiger partial charge in [0, 0.05) is 24.5 Å². The fourth-order valence-electron chi connectivity index (χ4n) is 3.66. The first-order chi connectivity index (χ1) is 10.9. The van der Waals surface area contributed by atoms with Gasteiger partial charge in [0.2, 0.25) is 0 Å². The maximum Gasteiger partial charge on any atom is 0.255 e. The number of pyridine rings is 1. The Morgan fingerprint density at radius 2 is 1.91 bits per heavy atom. The van der Waals surface area contributed by atoms with Crippen molar-refractivity contribution in [1.82, 2.24) is 19.7 Å². The van der Waals surface area contributed by atoms with Crippen molar-refractivity contribution in [1.29, 1.82) is 0 Å². The fourth-order valence-corrected chi connectivity index (χ4v) is 3.66. The van der Waals surface area contributed by atoms with E-state index in [0.717, 1.165) is 29.8 Å². The second-order valence-corrected chi connectivity index (χ2v) is 7.37. The third-order valence-corrected chi connectivity index (χ3v) is 4.64. The van der Waals surface area contributed by atoms with Gasteiger partial charge >= 0.3 is 0 Å². The number of fused-ring (bicyclic) bond motifs is 1. The zero-order valence-electron chi connectivity index (χ0n) is 14.7. The number of piperidine rings is 1. The largest absolute Gasteiger partial charge is 0.338 e. The standard InChI is InChI=1S/C18H26N4O/c1-11(2)22-17-15(8-19-22)7-16(14(5)20-17)18(23)21-9-12(3)6-13(4)10-21/h7-8,11-13H,6,9-10H2,1-5H3. The lowest BCUT2D eigenvalue weighted by Crippen LogP contribution is -2.42. The van der Waals surface area contributed by atoms with E-state index in [1.807, 2.05) is 22.6 Å². The topological polar surface area (TPSA) is 51.0 Å². The Morgan fingerprint density at radius 3 is 2.52 bits per heavy atom. The molecule has 0 N–H and O–H groups in total. The van der Waals surface area contributed by atoms with Crippen LogP contribution in [0.15, 0.2) is 12.3 Å². The fraction of sp³-hybridized carbons (Fsp3) is 0.611. The van der Waals surface area contributed by atoms with E-state index in [1.54, 1.807) is 6.20 Å². The molecule has 0 aromatic carbocycles. The van der Waals surface area contributed by atoms with Gasteiger partial charge in [0.1, 0.15) is 0 Å². The number of rotatable bonds is 2. The van der Waals surface area contributed by atoms with E-state index in [1.165, 1.54) is 6.42 Å². The zero-order chi connectivity index (χ0) is 16.7. The minimum atomic E-state index is 0.104. The number of carbonyl (C=O) groups is 1. The molecular formula is C18H26N4O. The predicted molar refractivity (Wildman–Crippen MR) is 91.5 cm³/mol. The summed E-state index contributed by atoms with van der Waals surface area (Å²) in [5.74, 6) is 1.22. The summed E-state index contributed by atoms with van der Waals surface area (Å²) in [4.78, 5) is 19.6. The Hall–Kier alpha value is -1.91. The van der Waals surface area contributed by atoms with Crippen LogP contribution in [0.5, 0.6) is 0 Å². The molecule has 2 unspecified atom stereocenters. The van der Waals surface area contributed by atoms with Crippen LogP contribution in [0.4, 0.5) is 0 Å². The molecular weight excluding hydrogens is 288 g/mol. The second-order valence-electron chi connectivity index (χ2n) is 7.37. The summed E-state index contributed by atoms with van der Waals surface area (Å²) in [7, 11) is 0. The van der Waals surface area contributed by atoms with Crippen LogP contribution in [0.25, 0.3) is 11.0 Å². The maximum atomic E-state index is 13.0. The van der Waals surface area contributed by atoms with E-state index in [2.05, 4.69) is 37.8 Å². The zero-order valence-corrected chi connectivity index (χ0v) is 14.7. The Labute approximate surface area is 137 Å². The van der Waals surface area contributed by atoms with Crippen LogP contribution in [0, 0.1) is 18.8 Å². The molecule has 1 saturated heterocycles. The van der Waals surface area contributed by atoms with Crippen molar-refractivity contribution in [2.45, 2.75) is 47.1 Å². The highest BCUT2D eigenvalue weighted by molar-refractivity contribution is 5.98. The molecule has 0 spiro atoms. The van der Waals surface area contributed by atoms with Crippen molar-refractivity contribution in [2.75, 3.05) is 13.1 Å². The summed E-state index contributed by atoms with van der Waals surface area (Å²) in [5, 5.41) is 5.34. The van der Waals surface area contributed by atoms with Gasteiger partial charge in [-0.3, -0.25) is 4.79 Å². The molecule has 0 aliphatic carbocycles. The molecule has 23 heavy (non-hydrogen) atoms. The summed E-state index contributed by atoms with van der Waals surface area (Å²) in [6.07, 6.45) is 3.00. The van der Waals surface area contributed by atoms with Gasteiger partial charge < -0.3 is 4.90 Å². The predicted octanol–water partition coefficient (Wildman–Crippen LogP) is 3.44. The van der Waals surface area contributed by atoms with E-state index in [-0.39, 0.29) is 11.9 Å². The van der Waals surface area contributed by atoms with Crippen LogP contribution in [-0.2, 0) is 0 Å². The van der Waals surface area contributed by atoms with Gasteiger partial charge in [0.15, 0.2) is 5.65 Å². The summed E-state index contributed by atoms with van der Waals surface area (Å²) in [5.41, 5.74) is 2.35. The number of hydrogen-bond acceptors (Lipinski definition) is 3. The molecule has 5 heteroatoms. The summed E-state index contributed by atoms with van der Waals surface area (Å²) in [6, 6.07) is 2.21. The van der Waals surface area contributed by atoms with E-state index < -0.39 is 0 Å². The third-order valence-electron chi connectivity index (χ3n) is 4.64. The van der Waals surface area contributed by atoms with E-state index in [9.17, 15) is 4.79 Å². The SMILES string of the molecule is Cc1nc2c(cnn2C(C)C)cc1C(=O)N1CC(C)CC(C)C1. The maximum absolute atomic E-state index is 13.0. The highest BCUT2D eigenvalue weighted by Crippen LogP contribution is 2.25. The monoisotopic (exact) mass is 314 g/mol. The molecule has 2 aromatic rings. The average Bonchev–Trinajstić information content (AvgIpc) is 2.87. The van der Waals surface area contributed by atoms with Gasteiger partial charge in [-0.2, -0.15) is 5.10 Å². The highest BCUT2D eigenvalue weighted by atomic mass is 16.2. The Kier molecular flexibility index (Phi) is 4.13. The van der Waals surface area contributed by atoms with Gasteiger partial charge in [-0.25, -0.2) is 9.67 Å². The third kappa shape index (κ3) is 2.96. The summed E-state index contributed by atoms with van der Waals surface area (Å²) >= 11 is 0. The van der Waals surface area contributed by atoms with Crippen LogP contribution < -0.4 is 0 Å². The van der Waals surface area contributed by atoms with Gasteiger partial charge in [-0.1, -0.05) is 13.8 Å². The van der Waals surface area contributed by atoms with E-state index in [0.29, 0.717) is 17.4 Å². The smallest absolute Gasteiger partial charge is 0.255 e. The van der Waals surface area contributed by atoms with Crippen LogP contribution in [-0.4, -0.2) is 38.7 Å². The minimum Gasteiger partial charge on any atom is -0.338 e. The molecule has 2 atom stereocenters. The summed E-state index contributed by atoms with van der Waals surface area (Å²) in [6.45, 7) is 12.2. The van der Waals surface area contributed by atoms with Gasteiger partial charge in [-0.05, 0) is 45.1 Å². The first-order valence-electron chi connectivity index (χ1n) is 8.51. The first-order valence-corrected chi connectivity index (χ1v) is 8.51. The Bertz CT molecular complexity index is 724. The number of carbonyl (C=O) groups excluding carboxylic acids is 1.